The molecule has 0 saturated carbocycles. The van der Waals surface area contributed by atoms with Gasteiger partial charge in [0.25, 0.3) is 0 Å². The van der Waals surface area contributed by atoms with E-state index in [0.29, 0.717) is 5.41 Å². The van der Waals surface area contributed by atoms with Gasteiger partial charge in [0.2, 0.25) is 0 Å². The Hall–Kier alpha value is 0.430. The van der Waals surface area contributed by atoms with Crippen LogP contribution in [0.25, 0.3) is 0 Å². The van der Waals surface area contributed by atoms with E-state index in [-0.39, 0.29) is 0 Å². The average molecular weight is 188 g/mol. The fourth-order valence-electron chi connectivity index (χ4n) is 1.35. The molecule has 0 aliphatic rings. The van der Waals surface area contributed by atoms with Crippen LogP contribution in [0, 0.1) is 5.41 Å². The highest BCUT2D eigenvalue weighted by Gasteiger charge is 2.13. The van der Waals surface area contributed by atoms with E-state index in [4.69, 9.17) is 0 Å². The van der Waals surface area contributed by atoms with Crippen molar-refractivity contribution < 1.29 is 0 Å². The van der Waals surface area contributed by atoms with Crippen LogP contribution in [-0.2, 0) is 0 Å². The van der Waals surface area contributed by atoms with E-state index in [1.165, 1.54) is 34.0 Å². The first-order chi connectivity index (χ1) is 5.49. The van der Waals surface area contributed by atoms with Crippen LogP contribution in [0.5, 0.6) is 0 Å². The predicted molar refractivity (Wildman–Crippen MR) is 61.6 cm³/mol. The van der Waals surface area contributed by atoms with Crippen LogP contribution in [0.2, 0.25) is 0 Å². The number of hydrogen-bond donors (Lipinski definition) is 0. The van der Waals surface area contributed by atoms with E-state index in [2.05, 4.69) is 34.6 Å². The van der Waals surface area contributed by atoms with E-state index >= 15 is 0 Å². The second-order valence-electron chi connectivity index (χ2n) is 4.76. The lowest BCUT2D eigenvalue weighted by Crippen LogP contribution is -2.09. The summed E-state index contributed by atoms with van der Waals surface area (Å²) in [5.74, 6) is 0. The first-order valence-corrected chi connectivity index (χ1v) is 6.51. The number of hydrogen-bond acceptors (Lipinski definition) is 0. The van der Waals surface area contributed by atoms with Crippen molar-refractivity contribution in [1.29, 1.82) is 0 Å². The Morgan fingerprint density at radius 2 is 1.75 bits per heavy atom. The molecular formula is C11H25P. The van der Waals surface area contributed by atoms with Gasteiger partial charge in [0.15, 0.2) is 0 Å². The van der Waals surface area contributed by atoms with Crippen LogP contribution in [0.3, 0.4) is 0 Å². The highest BCUT2D eigenvalue weighted by molar-refractivity contribution is 7.38. The predicted octanol–water partition coefficient (Wildman–Crippen LogP) is 4.29. The second kappa shape index (κ2) is 5.97. The van der Waals surface area contributed by atoms with Gasteiger partial charge in [-0.3, -0.25) is 0 Å². The Balaban J connectivity index is 3.58. The third-order valence-corrected chi connectivity index (χ3v) is 3.91. The zero-order chi connectivity index (χ0) is 9.61. The van der Waals surface area contributed by atoms with Crippen molar-refractivity contribution in [1.82, 2.24) is 0 Å². The summed E-state index contributed by atoms with van der Waals surface area (Å²) in [6.45, 7) is 11.7. The second-order valence-corrected chi connectivity index (χ2v) is 6.69. The largest absolute Gasteiger partial charge is 0.119 e. The molecule has 2 unspecified atom stereocenters. The topological polar surface area (TPSA) is 0 Å². The van der Waals surface area contributed by atoms with Crippen molar-refractivity contribution in [2.45, 2.75) is 59.5 Å². The van der Waals surface area contributed by atoms with Crippen LogP contribution < -0.4 is 0 Å². The van der Waals surface area contributed by atoms with Crippen molar-refractivity contribution >= 4 is 8.58 Å². The molecular weight excluding hydrogens is 163 g/mol. The van der Waals surface area contributed by atoms with Crippen molar-refractivity contribution in [3.8, 4) is 0 Å². The Bertz CT molecular complexity index is 102. The molecule has 0 aromatic heterocycles. The summed E-state index contributed by atoms with van der Waals surface area (Å²) in [4.78, 5) is 0. The molecule has 0 aromatic carbocycles. The molecule has 12 heavy (non-hydrogen) atoms. The van der Waals surface area contributed by atoms with E-state index in [9.17, 15) is 0 Å². The van der Waals surface area contributed by atoms with Crippen LogP contribution in [-0.4, -0.2) is 11.8 Å². The normalized spacial score (nSPS) is 15.8. The Morgan fingerprint density at radius 1 is 1.17 bits per heavy atom. The van der Waals surface area contributed by atoms with Gasteiger partial charge in [0.05, 0.1) is 0 Å². The lowest BCUT2D eigenvalue weighted by molar-refractivity contribution is 0.361. The van der Waals surface area contributed by atoms with E-state index < -0.39 is 0 Å². The first kappa shape index (κ1) is 12.4. The lowest BCUT2D eigenvalue weighted by Gasteiger charge is -2.22. The molecule has 0 N–H and O–H groups in total. The molecule has 0 spiro atoms. The summed E-state index contributed by atoms with van der Waals surface area (Å²) in [7, 11) is 1.19. The molecule has 0 bridgehead atoms. The minimum atomic E-state index is 0.533. The molecule has 0 nitrogen and oxygen atoms in total. The molecule has 0 aromatic rings. The van der Waals surface area contributed by atoms with Gasteiger partial charge < -0.3 is 0 Å². The summed E-state index contributed by atoms with van der Waals surface area (Å²) in [6.07, 6.45) is 5.58. The fourth-order valence-corrected chi connectivity index (χ4v) is 2.56. The molecule has 0 amide bonds. The van der Waals surface area contributed by atoms with E-state index in [1.54, 1.807) is 0 Å². The van der Waals surface area contributed by atoms with Crippen LogP contribution in [0.15, 0.2) is 0 Å². The Labute approximate surface area is 80.3 Å². The monoisotopic (exact) mass is 188 g/mol. The van der Waals surface area contributed by atoms with Gasteiger partial charge in [-0.25, -0.2) is 0 Å². The zero-order valence-corrected chi connectivity index (χ0v) is 10.4. The molecule has 0 radical (unpaired) electrons. The van der Waals surface area contributed by atoms with E-state index in [1.807, 2.05) is 0 Å². The molecule has 2 atom stereocenters. The molecule has 74 valence electrons. The minimum Gasteiger partial charge on any atom is -0.119 e. The van der Waals surface area contributed by atoms with Gasteiger partial charge in [-0.05, 0) is 36.5 Å². The van der Waals surface area contributed by atoms with Crippen LogP contribution in [0.1, 0.15) is 53.9 Å². The van der Waals surface area contributed by atoms with Gasteiger partial charge in [0.1, 0.15) is 0 Å². The summed E-state index contributed by atoms with van der Waals surface area (Å²) in [5.41, 5.74) is 1.54. The quantitative estimate of drug-likeness (QED) is 0.564. The molecule has 0 aliphatic carbocycles. The summed E-state index contributed by atoms with van der Waals surface area (Å²) < 4.78 is 0. The average Bonchev–Trinajstić information content (AvgIpc) is 1.96. The van der Waals surface area contributed by atoms with Crippen molar-refractivity contribution in [3.05, 3.63) is 0 Å². The van der Waals surface area contributed by atoms with E-state index in [0.717, 1.165) is 5.66 Å². The zero-order valence-electron chi connectivity index (χ0n) is 9.41. The first-order valence-electron chi connectivity index (χ1n) is 5.23. The van der Waals surface area contributed by atoms with Crippen LogP contribution >= 0.6 is 8.58 Å². The fraction of sp³-hybridized carbons (Fsp3) is 1.00. The number of rotatable bonds is 5. The van der Waals surface area contributed by atoms with Gasteiger partial charge >= 0.3 is 0 Å². The van der Waals surface area contributed by atoms with Crippen molar-refractivity contribution in [2.24, 2.45) is 5.41 Å². The molecule has 0 fully saturated rings. The smallest absolute Gasteiger partial charge is 0.0239 e. The minimum absolute atomic E-state index is 0.533. The van der Waals surface area contributed by atoms with Gasteiger partial charge in [-0.1, -0.05) is 34.6 Å². The molecule has 0 rings (SSSR count). The molecule has 0 aliphatic heterocycles. The van der Waals surface area contributed by atoms with Gasteiger partial charge in [0, 0.05) is 0 Å². The third-order valence-electron chi connectivity index (χ3n) is 2.23. The molecule has 0 saturated heterocycles. The van der Waals surface area contributed by atoms with Gasteiger partial charge in [-0.2, -0.15) is 0 Å². The Morgan fingerprint density at radius 3 is 2.08 bits per heavy atom. The standard InChI is InChI=1S/C11H25P/c1-6-10(12-7-2)8-9-11(3,4)5/h10,12H,6-9H2,1-5H3. The molecule has 1 heteroatoms. The third kappa shape index (κ3) is 7.10. The summed E-state index contributed by atoms with van der Waals surface area (Å²) in [6, 6.07) is 0. The SMILES string of the molecule is CCPC(CC)CCC(C)(C)C. The highest BCUT2D eigenvalue weighted by Crippen LogP contribution is 2.30. The summed E-state index contributed by atoms with van der Waals surface area (Å²) in [5, 5.41) is 0. The van der Waals surface area contributed by atoms with Crippen molar-refractivity contribution in [2.75, 3.05) is 6.16 Å². The lowest BCUT2D eigenvalue weighted by atomic mass is 9.89. The van der Waals surface area contributed by atoms with Gasteiger partial charge in [-0.15, -0.1) is 8.58 Å². The van der Waals surface area contributed by atoms with Crippen LogP contribution in [0.4, 0.5) is 0 Å². The summed E-state index contributed by atoms with van der Waals surface area (Å²) >= 11 is 0. The van der Waals surface area contributed by atoms with Crippen molar-refractivity contribution in [3.63, 3.8) is 0 Å². The molecule has 0 heterocycles. The maximum absolute atomic E-state index is 2.34. The maximum Gasteiger partial charge on any atom is -0.0239 e. The highest BCUT2D eigenvalue weighted by atomic mass is 31.1. The maximum atomic E-state index is 2.34. The Kier molecular flexibility index (Phi) is 6.19.